The summed E-state index contributed by atoms with van der Waals surface area (Å²) in [7, 11) is 3.06. The Morgan fingerprint density at radius 2 is 1.77 bits per heavy atom. The van der Waals surface area contributed by atoms with E-state index in [1.54, 1.807) is 18.9 Å². The van der Waals surface area contributed by atoms with Crippen molar-refractivity contribution in [3.05, 3.63) is 0 Å². The van der Waals surface area contributed by atoms with Gasteiger partial charge in [0.2, 0.25) is 0 Å². The van der Waals surface area contributed by atoms with Crippen molar-refractivity contribution in [3.63, 3.8) is 0 Å². The van der Waals surface area contributed by atoms with E-state index < -0.39 is 0 Å². The van der Waals surface area contributed by atoms with Crippen LogP contribution < -0.4 is 5.32 Å². The van der Waals surface area contributed by atoms with Crippen LogP contribution in [0.5, 0.6) is 0 Å². The maximum absolute atomic E-state index is 11.6. The first kappa shape index (κ1) is 20.7. The van der Waals surface area contributed by atoms with E-state index >= 15 is 0 Å². The number of amides is 1. The third kappa shape index (κ3) is 6.67. The summed E-state index contributed by atoms with van der Waals surface area (Å²) < 4.78 is 9.56. The molecule has 0 aromatic heterocycles. The number of rotatable bonds is 4. The molecule has 1 rings (SSSR count). The first-order valence-electron chi connectivity index (χ1n) is 7.06. The standard InChI is InChI=1S/C13H24N4O4.HI/c1-4-21-13(19)17-9-7-16(8-10-17)12(14-2)15-6-5-11(18)20-3;/h4-10H2,1-3H3,(H,14,15);1H. The fourth-order valence-corrected chi connectivity index (χ4v) is 2.03. The Balaban J connectivity index is 0.00000441. The van der Waals surface area contributed by atoms with Gasteiger partial charge in [-0.1, -0.05) is 0 Å². The number of piperazine rings is 1. The molecular weight excluding hydrogens is 403 g/mol. The molecule has 0 saturated carbocycles. The van der Waals surface area contributed by atoms with Crippen LogP contribution in [0, 0.1) is 0 Å². The summed E-state index contributed by atoms with van der Waals surface area (Å²) in [4.78, 5) is 30.6. The van der Waals surface area contributed by atoms with Gasteiger partial charge in [-0.2, -0.15) is 0 Å². The molecule has 0 bridgehead atoms. The highest BCUT2D eigenvalue weighted by Gasteiger charge is 2.23. The molecular formula is C13H25IN4O4. The minimum absolute atomic E-state index is 0. The fraction of sp³-hybridized carbons (Fsp3) is 0.769. The zero-order valence-electron chi connectivity index (χ0n) is 13.3. The van der Waals surface area contributed by atoms with Crippen LogP contribution in [0.3, 0.4) is 0 Å². The van der Waals surface area contributed by atoms with E-state index in [1.807, 2.05) is 4.90 Å². The summed E-state index contributed by atoms with van der Waals surface area (Å²) >= 11 is 0. The quantitative estimate of drug-likeness (QED) is 0.304. The van der Waals surface area contributed by atoms with Gasteiger partial charge in [-0.3, -0.25) is 9.79 Å². The second-order valence-electron chi connectivity index (χ2n) is 4.47. The highest BCUT2D eigenvalue weighted by molar-refractivity contribution is 14.0. The van der Waals surface area contributed by atoms with E-state index in [-0.39, 0.29) is 42.5 Å². The molecule has 0 radical (unpaired) electrons. The van der Waals surface area contributed by atoms with Crippen molar-refractivity contribution in [2.45, 2.75) is 13.3 Å². The van der Waals surface area contributed by atoms with Crippen LogP contribution >= 0.6 is 24.0 Å². The molecule has 1 fully saturated rings. The number of halogens is 1. The average molecular weight is 428 g/mol. The van der Waals surface area contributed by atoms with Crippen LogP contribution in [0.1, 0.15) is 13.3 Å². The van der Waals surface area contributed by atoms with Crippen molar-refractivity contribution in [1.29, 1.82) is 0 Å². The van der Waals surface area contributed by atoms with Crippen molar-refractivity contribution in [2.75, 3.05) is 53.5 Å². The van der Waals surface area contributed by atoms with Crippen molar-refractivity contribution in [3.8, 4) is 0 Å². The van der Waals surface area contributed by atoms with Crippen molar-refractivity contribution < 1.29 is 19.1 Å². The third-order valence-electron chi connectivity index (χ3n) is 3.16. The zero-order chi connectivity index (χ0) is 15.7. The van der Waals surface area contributed by atoms with Crippen LogP contribution in [0.4, 0.5) is 4.79 Å². The van der Waals surface area contributed by atoms with Crippen LogP contribution in [0.15, 0.2) is 4.99 Å². The minimum atomic E-state index is -0.272. The molecule has 1 saturated heterocycles. The van der Waals surface area contributed by atoms with Crippen LogP contribution in [-0.4, -0.2) is 81.3 Å². The molecule has 0 spiro atoms. The van der Waals surface area contributed by atoms with E-state index in [0.29, 0.717) is 39.3 Å². The number of ether oxygens (including phenoxy) is 2. The summed E-state index contributed by atoms with van der Waals surface area (Å²) in [6.07, 6.45) is 0.0176. The monoisotopic (exact) mass is 428 g/mol. The van der Waals surface area contributed by atoms with Gasteiger partial charge in [0.05, 0.1) is 20.1 Å². The highest BCUT2D eigenvalue weighted by atomic mass is 127. The largest absolute Gasteiger partial charge is 0.469 e. The second kappa shape index (κ2) is 11.3. The number of carbonyl (C=O) groups excluding carboxylic acids is 2. The van der Waals surface area contributed by atoms with Gasteiger partial charge in [0, 0.05) is 39.8 Å². The Hall–Kier alpha value is -1.26. The Labute approximate surface area is 148 Å². The molecule has 1 heterocycles. The number of guanidine groups is 1. The van der Waals surface area contributed by atoms with E-state index in [0.717, 1.165) is 5.96 Å². The number of esters is 1. The van der Waals surface area contributed by atoms with E-state index in [4.69, 9.17) is 4.74 Å². The second-order valence-corrected chi connectivity index (χ2v) is 4.47. The number of hydrogen-bond donors (Lipinski definition) is 1. The molecule has 8 nitrogen and oxygen atoms in total. The van der Waals surface area contributed by atoms with Gasteiger partial charge in [0.15, 0.2) is 5.96 Å². The van der Waals surface area contributed by atoms with E-state index in [1.165, 1.54) is 7.11 Å². The van der Waals surface area contributed by atoms with Gasteiger partial charge < -0.3 is 24.6 Å². The Kier molecular flexibility index (Phi) is 10.7. The van der Waals surface area contributed by atoms with Crippen LogP contribution in [0.25, 0.3) is 0 Å². The molecule has 9 heteroatoms. The van der Waals surface area contributed by atoms with Gasteiger partial charge >= 0.3 is 12.1 Å². The lowest BCUT2D eigenvalue weighted by molar-refractivity contribution is -0.140. The summed E-state index contributed by atoms with van der Waals surface area (Å²) in [5.74, 6) is 0.465. The minimum Gasteiger partial charge on any atom is -0.469 e. The van der Waals surface area contributed by atoms with E-state index in [2.05, 4.69) is 15.0 Å². The number of nitrogens with one attached hydrogen (secondary N) is 1. The molecule has 1 aliphatic heterocycles. The van der Waals surface area contributed by atoms with Crippen LogP contribution in [0.2, 0.25) is 0 Å². The first-order chi connectivity index (χ1) is 10.1. The summed E-state index contributed by atoms with van der Waals surface area (Å²) in [5, 5.41) is 3.11. The molecule has 1 aliphatic rings. The van der Waals surface area contributed by atoms with Gasteiger partial charge in [-0.15, -0.1) is 24.0 Å². The maximum atomic E-state index is 11.6. The Bertz CT molecular complexity index is 384. The first-order valence-corrected chi connectivity index (χ1v) is 7.06. The number of nitrogens with zero attached hydrogens (tertiary/aromatic N) is 3. The fourth-order valence-electron chi connectivity index (χ4n) is 2.03. The van der Waals surface area contributed by atoms with Crippen molar-refractivity contribution >= 4 is 42.0 Å². The molecule has 0 unspecified atom stereocenters. The Morgan fingerprint density at radius 3 is 2.27 bits per heavy atom. The summed E-state index contributed by atoms with van der Waals surface area (Å²) in [6.45, 7) is 5.19. The third-order valence-corrected chi connectivity index (χ3v) is 3.16. The predicted molar refractivity (Wildman–Crippen MR) is 93.6 cm³/mol. The molecule has 1 amide bonds. The summed E-state index contributed by atoms with van der Waals surface area (Å²) in [6, 6.07) is 0. The lowest BCUT2D eigenvalue weighted by Crippen LogP contribution is -2.54. The zero-order valence-corrected chi connectivity index (χ0v) is 15.7. The molecule has 128 valence electrons. The molecule has 1 N–H and O–H groups in total. The SMILES string of the molecule is CCOC(=O)N1CCN(C(=NC)NCCC(=O)OC)CC1.I. The van der Waals surface area contributed by atoms with Crippen LogP contribution in [-0.2, 0) is 14.3 Å². The van der Waals surface area contributed by atoms with Crippen molar-refractivity contribution in [1.82, 2.24) is 15.1 Å². The van der Waals surface area contributed by atoms with Gasteiger partial charge in [0.25, 0.3) is 0 Å². The number of aliphatic imine (C=N–C) groups is 1. The predicted octanol–water partition coefficient (Wildman–Crippen LogP) is 0.517. The van der Waals surface area contributed by atoms with Gasteiger partial charge in [-0.05, 0) is 6.92 Å². The average Bonchev–Trinajstić information content (AvgIpc) is 2.51. The topological polar surface area (TPSA) is 83.5 Å². The lowest BCUT2D eigenvalue weighted by atomic mass is 10.3. The molecule has 22 heavy (non-hydrogen) atoms. The number of hydrogen-bond acceptors (Lipinski definition) is 5. The molecule has 0 aromatic carbocycles. The molecule has 0 atom stereocenters. The summed E-state index contributed by atoms with van der Waals surface area (Å²) in [5.41, 5.74) is 0. The normalized spacial score (nSPS) is 15.0. The highest BCUT2D eigenvalue weighted by Crippen LogP contribution is 2.04. The number of methoxy groups -OCH3 is 1. The van der Waals surface area contributed by atoms with E-state index in [9.17, 15) is 9.59 Å². The molecule has 0 aromatic rings. The van der Waals surface area contributed by atoms with Gasteiger partial charge in [-0.25, -0.2) is 4.79 Å². The van der Waals surface area contributed by atoms with Crippen molar-refractivity contribution in [2.24, 2.45) is 4.99 Å². The Morgan fingerprint density at radius 1 is 1.18 bits per heavy atom. The van der Waals surface area contributed by atoms with Gasteiger partial charge in [0.1, 0.15) is 0 Å². The lowest BCUT2D eigenvalue weighted by Gasteiger charge is -2.35. The number of carbonyl (C=O) groups is 2. The maximum Gasteiger partial charge on any atom is 0.409 e. The molecule has 0 aliphatic carbocycles. The smallest absolute Gasteiger partial charge is 0.409 e.